The van der Waals surface area contributed by atoms with Crippen LogP contribution in [0.3, 0.4) is 0 Å². The van der Waals surface area contributed by atoms with Gasteiger partial charge >= 0.3 is 0 Å². The Morgan fingerprint density at radius 2 is 1.56 bits per heavy atom. The van der Waals surface area contributed by atoms with Crippen LogP contribution in [0.5, 0.6) is 0 Å². The minimum Gasteiger partial charge on any atom is -0.359 e. The summed E-state index contributed by atoms with van der Waals surface area (Å²) in [6, 6.07) is 0. The normalized spacial score (nSPS) is 26.8. The highest BCUT2D eigenvalue weighted by Crippen LogP contribution is 2.49. The lowest BCUT2D eigenvalue weighted by molar-refractivity contribution is 0.835. The van der Waals surface area contributed by atoms with E-state index in [1.165, 1.54) is 11.1 Å². The van der Waals surface area contributed by atoms with Gasteiger partial charge in [-0.2, -0.15) is 0 Å². The second kappa shape index (κ2) is 3.96. The number of allylic oxidation sites excluding steroid dienone is 4. The van der Waals surface area contributed by atoms with E-state index in [1.54, 1.807) is 0 Å². The molecule has 0 fully saturated rings. The molecule has 0 saturated carbocycles. The predicted octanol–water partition coefficient (Wildman–Crippen LogP) is 4.28. The Morgan fingerprint density at radius 1 is 1.06 bits per heavy atom. The molecule has 0 amide bonds. The van der Waals surface area contributed by atoms with Crippen molar-refractivity contribution in [3.05, 3.63) is 23.3 Å². The van der Waals surface area contributed by atoms with Crippen molar-refractivity contribution in [1.29, 1.82) is 0 Å². The molecule has 0 aromatic carbocycles. The number of hydrogen-bond donors (Lipinski definition) is 1. The zero-order valence-corrected chi connectivity index (χ0v) is 14.2. The second-order valence-electron chi connectivity index (χ2n) is 6.92. The van der Waals surface area contributed by atoms with Crippen molar-refractivity contribution in [1.82, 2.24) is 4.65 Å². The molecule has 0 aromatic rings. The molecule has 0 spiro atoms. The molecule has 1 aliphatic carbocycles. The fourth-order valence-corrected chi connectivity index (χ4v) is 13.0. The van der Waals surface area contributed by atoms with Gasteiger partial charge in [0.15, 0.2) is 0 Å². The summed E-state index contributed by atoms with van der Waals surface area (Å²) >= 11 is 0. The fraction of sp³-hybridized carbons (Fsp3) is 0.692. The smallest absolute Gasteiger partial charge is 0.126 e. The third-order valence-electron chi connectivity index (χ3n) is 3.77. The van der Waals surface area contributed by atoms with Gasteiger partial charge in [0.2, 0.25) is 0 Å². The van der Waals surface area contributed by atoms with E-state index in [0.717, 1.165) is 0 Å². The Kier molecular flexibility index (Phi) is 3.45. The van der Waals surface area contributed by atoms with Gasteiger partial charge in [-0.25, -0.2) is 0 Å². The summed E-state index contributed by atoms with van der Waals surface area (Å²) in [7, 11) is -2.67. The number of nitrogens with one attached hydrogen (secondary N) is 1. The van der Waals surface area contributed by atoms with Gasteiger partial charge in [0, 0.05) is 5.04 Å². The van der Waals surface area contributed by atoms with Gasteiger partial charge in [0.25, 0.3) is 0 Å². The van der Waals surface area contributed by atoms with Crippen LogP contribution in [0.1, 0.15) is 20.8 Å². The monoisotopic (exact) mass is 253 g/mol. The first-order valence-electron chi connectivity index (χ1n) is 6.15. The molecule has 92 valence electrons. The summed E-state index contributed by atoms with van der Waals surface area (Å²) in [6.07, 6.45) is 4.82. The topological polar surface area (TPSA) is 12.0 Å². The van der Waals surface area contributed by atoms with E-state index in [1.807, 2.05) is 0 Å². The molecule has 1 aliphatic rings. The Hall–Kier alpha value is -0.126. The van der Waals surface area contributed by atoms with Crippen molar-refractivity contribution in [2.45, 2.75) is 58.5 Å². The average molecular weight is 254 g/mol. The van der Waals surface area contributed by atoms with Crippen molar-refractivity contribution in [2.75, 3.05) is 0 Å². The Morgan fingerprint density at radius 3 is 1.88 bits per heavy atom. The van der Waals surface area contributed by atoms with Crippen LogP contribution in [0.15, 0.2) is 23.3 Å². The summed E-state index contributed by atoms with van der Waals surface area (Å²) < 4.78 is 4.02. The van der Waals surface area contributed by atoms with E-state index in [2.05, 4.69) is 70.3 Å². The molecule has 0 saturated heterocycles. The maximum atomic E-state index is 4.02. The van der Waals surface area contributed by atoms with Crippen molar-refractivity contribution in [3.63, 3.8) is 0 Å². The van der Waals surface area contributed by atoms with Crippen LogP contribution in [-0.4, -0.2) is 16.5 Å². The quantitative estimate of drug-likeness (QED) is 0.740. The largest absolute Gasteiger partial charge is 0.359 e. The SMILES string of the molecule is CC1=CC(C)([Si](C)(C)N[Si](C)(C)C)C(C)=C1. The highest BCUT2D eigenvalue weighted by Gasteiger charge is 2.46. The molecule has 0 aliphatic heterocycles. The van der Waals surface area contributed by atoms with Crippen LogP contribution >= 0.6 is 0 Å². The van der Waals surface area contributed by atoms with Crippen LogP contribution in [0, 0.1) is 0 Å². The lowest BCUT2D eigenvalue weighted by Crippen LogP contribution is -2.62. The summed E-state index contributed by atoms with van der Waals surface area (Å²) in [5.74, 6) is 0. The van der Waals surface area contributed by atoms with Gasteiger partial charge in [0.1, 0.15) is 16.5 Å². The molecule has 1 N–H and O–H groups in total. The van der Waals surface area contributed by atoms with Gasteiger partial charge in [-0.3, -0.25) is 0 Å². The van der Waals surface area contributed by atoms with Gasteiger partial charge in [-0.05, 0) is 13.8 Å². The van der Waals surface area contributed by atoms with E-state index in [4.69, 9.17) is 0 Å². The maximum Gasteiger partial charge on any atom is 0.126 e. The minimum absolute atomic E-state index is 0.289. The molecule has 3 heteroatoms. The maximum absolute atomic E-state index is 4.02. The van der Waals surface area contributed by atoms with Crippen molar-refractivity contribution in [2.24, 2.45) is 0 Å². The molecule has 0 heterocycles. The first-order chi connectivity index (χ1) is 6.98. The van der Waals surface area contributed by atoms with Crippen LogP contribution in [0.4, 0.5) is 0 Å². The number of hydrogen-bond acceptors (Lipinski definition) is 1. The standard InChI is InChI=1S/C13H27NSi2/c1-11-9-12(2)13(3,10-11)16(7,8)14-15(4,5)6/h9-10,14H,1-8H3. The molecule has 0 aromatic heterocycles. The zero-order chi connectivity index (χ0) is 12.8. The lowest BCUT2D eigenvalue weighted by atomic mass is 10.1. The summed E-state index contributed by atoms with van der Waals surface area (Å²) in [5.41, 5.74) is 2.96. The highest BCUT2D eigenvalue weighted by molar-refractivity contribution is 6.92. The molecule has 1 rings (SSSR count). The molecule has 1 nitrogen and oxygen atoms in total. The van der Waals surface area contributed by atoms with Crippen molar-refractivity contribution < 1.29 is 0 Å². The average Bonchev–Trinajstić information content (AvgIpc) is 2.21. The molecular formula is C13H27NSi2. The van der Waals surface area contributed by atoms with Crippen molar-refractivity contribution >= 4 is 16.5 Å². The third kappa shape index (κ3) is 2.58. The fourth-order valence-electron chi connectivity index (χ4n) is 2.84. The van der Waals surface area contributed by atoms with E-state index < -0.39 is 16.5 Å². The Labute approximate surface area is 103 Å². The second-order valence-corrected chi connectivity index (χ2v) is 16.7. The highest BCUT2D eigenvalue weighted by atomic mass is 28.4. The number of rotatable bonds is 3. The summed E-state index contributed by atoms with van der Waals surface area (Å²) in [5, 5.41) is 0.289. The van der Waals surface area contributed by atoms with Gasteiger partial charge in [0.05, 0.1) is 0 Å². The zero-order valence-electron chi connectivity index (χ0n) is 12.2. The molecule has 1 unspecified atom stereocenters. The van der Waals surface area contributed by atoms with Crippen LogP contribution < -0.4 is 4.65 Å². The van der Waals surface area contributed by atoms with Gasteiger partial charge < -0.3 is 4.65 Å². The van der Waals surface area contributed by atoms with E-state index in [-0.39, 0.29) is 5.04 Å². The van der Waals surface area contributed by atoms with E-state index in [0.29, 0.717) is 0 Å². The molecule has 0 radical (unpaired) electrons. The molecule has 16 heavy (non-hydrogen) atoms. The predicted molar refractivity (Wildman–Crippen MR) is 79.8 cm³/mol. The molecule has 1 atom stereocenters. The van der Waals surface area contributed by atoms with Crippen molar-refractivity contribution in [3.8, 4) is 0 Å². The Balaban J connectivity index is 3.05. The van der Waals surface area contributed by atoms with Gasteiger partial charge in [-0.15, -0.1) is 0 Å². The summed E-state index contributed by atoms with van der Waals surface area (Å²) in [4.78, 5) is 0. The van der Waals surface area contributed by atoms with Crippen LogP contribution in [-0.2, 0) is 0 Å². The summed E-state index contributed by atoms with van der Waals surface area (Å²) in [6.45, 7) is 19.0. The lowest BCUT2D eigenvalue weighted by Gasteiger charge is -2.44. The van der Waals surface area contributed by atoms with Crippen LogP contribution in [0.25, 0.3) is 0 Å². The molecule has 0 bridgehead atoms. The third-order valence-corrected chi connectivity index (χ3v) is 12.4. The van der Waals surface area contributed by atoms with Crippen LogP contribution in [0.2, 0.25) is 37.8 Å². The first kappa shape index (κ1) is 13.9. The van der Waals surface area contributed by atoms with E-state index in [9.17, 15) is 0 Å². The molecular weight excluding hydrogens is 226 g/mol. The first-order valence-corrected chi connectivity index (χ1v) is 12.7. The van der Waals surface area contributed by atoms with E-state index >= 15 is 0 Å². The van der Waals surface area contributed by atoms with Gasteiger partial charge in [-0.1, -0.05) is 63.0 Å². The Bertz CT molecular complexity index is 347. The minimum atomic E-state index is -1.47.